The average molecular weight is 454 g/mol. The molecule has 28 heavy (non-hydrogen) atoms. The summed E-state index contributed by atoms with van der Waals surface area (Å²) in [6.45, 7) is 0.456. The Morgan fingerprint density at radius 1 is 1.04 bits per heavy atom. The van der Waals surface area contributed by atoms with E-state index in [-0.39, 0.29) is 11.1 Å². The number of likely N-dealkylation sites (N-methyl/N-ethyl adjacent to an activating group) is 1. The summed E-state index contributed by atoms with van der Waals surface area (Å²) >= 11 is 4.47. The van der Waals surface area contributed by atoms with Gasteiger partial charge in [0.15, 0.2) is 0 Å². The van der Waals surface area contributed by atoms with Gasteiger partial charge < -0.3 is 4.74 Å². The van der Waals surface area contributed by atoms with Crippen LogP contribution in [-0.2, 0) is 11.4 Å². The third kappa shape index (κ3) is 3.84. The smallest absolute Gasteiger partial charge is 0.293 e. The van der Waals surface area contributed by atoms with Gasteiger partial charge in [-0.3, -0.25) is 14.5 Å². The van der Waals surface area contributed by atoms with Crippen LogP contribution in [0.1, 0.15) is 11.1 Å². The summed E-state index contributed by atoms with van der Waals surface area (Å²) in [5.74, 6) is 0.441. The number of nitrogens with zero attached hydrogens (tertiary/aromatic N) is 1. The molecule has 1 heterocycles. The van der Waals surface area contributed by atoms with Crippen molar-refractivity contribution in [2.45, 2.75) is 6.61 Å². The summed E-state index contributed by atoms with van der Waals surface area (Å²) in [6, 6.07) is 20.1. The lowest BCUT2D eigenvalue weighted by Crippen LogP contribution is -2.22. The Morgan fingerprint density at radius 3 is 2.54 bits per heavy atom. The molecule has 1 fully saturated rings. The number of carbonyl (C=O) groups excluding carboxylic acids is 2. The molecule has 6 heteroatoms. The number of benzene rings is 3. The van der Waals surface area contributed by atoms with Crippen molar-refractivity contribution in [3.05, 3.63) is 81.2 Å². The maximum Gasteiger partial charge on any atom is 0.293 e. The predicted octanol–water partition coefficient (Wildman–Crippen LogP) is 5.85. The highest BCUT2D eigenvalue weighted by Gasteiger charge is 2.31. The zero-order chi connectivity index (χ0) is 19.7. The van der Waals surface area contributed by atoms with E-state index < -0.39 is 0 Å². The van der Waals surface area contributed by atoms with Crippen LogP contribution in [0, 0.1) is 0 Å². The third-order valence-corrected chi connectivity index (χ3v) is 6.03. The van der Waals surface area contributed by atoms with Gasteiger partial charge in [-0.15, -0.1) is 0 Å². The minimum atomic E-state index is -0.275. The standard InChI is InChI=1S/C22H16BrNO3S/c1-24-21(25)20(28-22(24)26)12-14-7-9-19(18(23)11-14)27-13-15-6-8-16-4-2-3-5-17(16)10-15/h2-12H,13H2,1H3/b20-12-. The van der Waals surface area contributed by atoms with Gasteiger partial charge in [0, 0.05) is 7.05 Å². The number of carbonyl (C=O) groups is 2. The fourth-order valence-electron chi connectivity index (χ4n) is 2.91. The fourth-order valence-corrected chi connectivity index (χ4v) is 4.25. The molecule has 2 amide bonds. The van der Waals surface area contributed by atoms with Crippen LogP contribution in [0.15, 0.2) is 70.0 Å². The quantitative estimate of drug-likeness (QED) is 0.465. The molecule has 140 valence electrons. The highest BCUT2D eigenvalue weighted by molar-refractivity contribution is 9.10. The van der Waals surface area contributed by atoms with E-state index in [1.807, 2.05) is 30.3 Å². The Bertz CT molecular complexity index is 1130. The predicted molar refractivity (Wildman–Crippen MR) is 116 cm³/mol. The lowest BCUT2D eigenvalue weighted by atomic mass is 10.1. The summed E-state index contributed by atoms with van der Waals surface area (Å²) in [7, 11) is 1.48. The van der Waals surface area contributed by atoms with Crippen LogP contribution in [0.5, 0.6) is 5.75 Å². The van der Waals surface area contributed by atoms with Gasteiger partial charge in [-0.2, -0.15) is 0 Å². The minimum Gasteiger partial charge on any atom is -0.488 e. The van der Waals surface area contributed by atoms with Crippen LogP contribution in [0.2, 0.25) is 0 Å². The first-order valence-electron chi connectivity index (χ1n) is 8.63. The first-order valence-corrected chi connectivity index (χ1v) is 10.2. The number of rotatable bonds is 4. The summed E-state index contributed by atoms with van der Waals surface area (Å²) in [5.41, 5.74) is 1.91. The number of hydrogen-bond acceptors (Lipinski definition) is 4. The molecular weight excluding hydrogens is 438 g/mol. The van der Waals surface area contributed by atoms with Crippen molar-refractivity contribution in [2.75, 3.05) is 7.05 Å². The van der Waals surface area contributed by atoms with E-state index in [1.165, 1.54) is 17.8 Å². The van der Waals surface area contributed by atoms with Crippen molar-refractivity contribution in [1.29, 1.82) is 0 Å². The summed E-state index contributed by atoms with van der Waals surface area (Å²) in [6.07, 6.45) is 1.71. The zero-order valence-electron chi connectivity index (χ0n) is 15.0. The lowest BCUT2D eigenvalue weighted by Gasteiger charge is -2.10. The number of amides is 2. The van der Waals surface area contributed by atoms with Crippen molar-refractivity contribution in [3.63, 3.8) is 0 Å². The molecule has 0 spiro atoms. The largest absolute Gasteiger partial charge is 0.488 e. The number of halogens is 1. The number of imide groups is 1. The van der Waals surface area contributed by atoms with Crippen LogP contribution in [0.3, 0.4) is 0 Å². The maximum absolute atomic E-state index is 12.0. The van der Waals surface area contributed by atoms with Crippen molar-refractivity contribution in [3.8, 4) is 5.75 Å². The van der Waals surface area contributed by atoms with Gasteiger partial charge in [0.2, 0.25) is 0 Å². The van der Waals surface area contributed by atoms with Gasteiger partial charge >= 0.3 is 0 Å². The van der Waals surface area contributed by atoms with Crippen molar-refractivity contribution < 1.29 is 14.3 Å². The molecule has 1 aliphatic rings. The van der Waals surface area contributed by atoms with Crippen molar-refractivity contribution in [2.24, 2.45) is 0 Å². The Labute approximate surface area is 175 Å². The van der Waals surface area contributed by atoms with Crippen molar-refractivity contribution >= 4 is 55.7 Å². The molecule has 0 unspecified atom stereocenters. The molecule has 0 saturated carbocycles. The number of ether oxygens (including phenoxy) is 1. The Hall–Kier alpha value is -2.57. The van der Waals surface area contributed by atoms with Gasteiger partial charge in [-0.25, -0.2) is 0 Å². The highest BCUT2D eigenvalue weighted by Crippen LogP contribution is 2.33. The van der Waals surface area contributed by atoms with Crippen LogP contribution in [0.4, 0.5) is 4.79 Å². The summed E-state index contributed by atoms with van der Waals surface area (Å²) in [5, 5.41) is 2.13. The molecule has 0 aromatic heterocycles. The molecule has 0 radical (unpaired) electrons. The van der Waals surface area contributed by atoms with E-state index in [9.17, 15) is 9.59 Å². The number of thioether (sulfide) groups is 1. The molecule has 1 aliphatic heterocycles. The third-order valence-electron chi connectivity index (χ3n) is 4.45. The molecule has 4 nitrogen and oxygen atoms in total. The number of hydrogen-bond donors (Lipinski definition) is 0. The monoisotopic (exact) mass is 453 g/mol. The minimum absolute atomic E-state index is 0.259. The molecule has 0 aliphatic carbocycles. The van der Waals surface area contributed by atoms with E-state index in [2.05, 4.69) is 46.3 Å². The highest BCUT2D eigenvalue weighted by atomic mass is 79.9. The topological polar surface area (TPSA) is 46.6 Å². The SMILES string of the molecule is CN1C(=O)S/C(=C\c2ccc(OCc3ccc4ccccc4c3)c(Br)c2)C1=O. The molecule has 3 aromatic carbocycles. The van der Waals surface area contributed by atoms with Gasteiger partial charge in [-0.1, -0.05) is 42.5 Å². The van der Waals surface area contributed by atoms with Gasteiger partial charge in [-0.05, 0) is 73.9 Å². The second kappa shape index (κ2) is 7.81. The van der Waals surface area contributed by atoms with Crippen LogP contribution < -0.4 is 4.74 Å². The average Bonchev–Trinajstić information content (AvgIpc) is 2.94. The second-order valence-corrected chi connectivity index (χ2v) is 8.25. The second-order valence-electron chi connectivity index (χ2n) is 6.40. The fraction of sp³-hybridized carbons (Fsp3) is 0.0909. The molecule has 3 aromatic rings. The Kier molecular flexibility index (Phi) is 5.24. The van der Waals surface area contributed by atoms with Crippen LogP contribution >= 0.6 is 27.7 Å². The zero-order valence-corrected chi connectivity index (χ0v) is 17.4. The van der Waals surface area contributed by atoms with Gasteiger partial charge in [0.05, 0.1) is 9.38 Å². The van der Waals surface area contributed by atoms with E-state index in [0.717, 1.165) is 32.3 Å². The van der Waals surface area contributed by atoms with Crippen LogP contribution in [0.25, 0.3) is 16.8 Å². The maximum atomic E-state index is 12.0. The molecule has 4 rings (SSSR count). The van der Waals surface area contributed by atoms with E-state index >= 15 is 0 Å². The lowest BCUT2D eigenvalue weighted by molar-refractivity contribution is -0.121. The summed E-state index contributed by atoms with van der Waals surface area (Å²) in [4.78, 5) is 25.1. The first-order chi connectivity index (χ1) is 13.5. The van der Waals surface area contributed by atoms with E-state index in [4.69, 9.17) is 4.74 Å². The molecule has 0 bridgehead atoms. The van der Waals surface area contributed by atoms with Gasteiger partial charge in [0.25, 0.3) is 11.1 Å². The van der Waals surface area contributed by atoms with Crippen LogP contribution in [-0.4, -0.2) is 23.1 Å². The molecule has 0 N–H and O–H groups in total. The van der Waals surface area contributed by atoms with E-state index in [0.29, 0.717) is 17.3 Å². The number of fused-ring (bicyclic) bond motifs is 1. The first kappa shape index (κ1) is 18.8. The molecular formula is C22H16BrNO3S. The normalized spacial score (nSPS) is 15.6. The van der Waals surface area contributed by atoms with Gasteiger partial charge in [0.1, 0.15) is 12.4 Å². The molecule has 1 saturated heterocycles. The summed E-state index contributed by atoms with van der Waals surface area (Å²) < 4.78 is 6.74. The Balaban J connectivity index is 1.48. The molecule has 0 atom stereocenters. The van der Waals surface area contributed by atoms with Crippen molar-refractivity contribution in [1.82, 2.24) is 4.90 Å². The van der Waals surface area contributed by atoms with E-state index in [1.54, 1.807) is 6.08 Å². The Morgan fingerprint density at radius 2 is 1.82 bits per heavy atom.